The van der Waals surface area contributed by atoms with E-state index in [-0.39, 0.29) is 18.1 Å². The van der Waals surface area contributed by atoms with E-state index in [1.165, 1.54) is 7.11 Å². The predicted octanol–water partition coefficient (Wildman–Crippen LogP) is 2.87. The largest absolute Gasteiger partial charge is 0.490 e. The van der Waals surface area contributed by atoms with Gasteiger partial charge in [0, 0.05) is 67.9 Å². The average molecular weight is 403 g/mol. The molecule has 2 atom stereocenters. The predicted molar refractivity (Wildman–Crippen MR) is 108 cm³/mol. The van der Waals surface area contributed by atoms with Crippen molar-refractivity contribution in [3.63, 3.8) is 0 Å². The van der Waals surface area contributed by atoms with Gasteiger partial charge in [0.15, 0.2) is 5.75 Å². The number of rotatable bonds is 6. The van der Waals surface area contributed by atoms with Gasteiger partial charge in [-0.1, -0.05) is 0 Å². The number of piperidine rings is 1. The number of nitro benzene ring substituents is 1. The van der Waals surface area contributed by atoms with Crippen LogP contribution in [-0.2, 0) is 7.05 Å². The van der Waals surface area contributed by atoms with Gasteiger partial charge >= 0.3 is 5.69 Å². The number of hydrogen-bond donors (Lipinski definition) is 0. The first kappa shape index (κ1) is 19.6. The lowest BCUT2D eigenvalue weighted by molar-refractivity contribution is -0.385. The fourth-order valence-electron chi connectivity index (χ4n) is 4.75. The summed E-state index contributed by atoms with van der Waals surface area (Å²) < 4.78 is 20.0. The van der Waals surface area contributed by atoms with Crippen LogP contribution in [0.2, 0.25) is 0 Å². The zero-order valence-corrected chi connectivity index (χ0v) is 16.8. The van der Waals surface area contributed by atoms with E-state index in [1.54, 1.807) is 23.0 Å². The van der Waals surface area contributed by atoms with Gasteiger partial charge in [0.05, 0.1) is 18.2 Å². The van der Waals surface area contributed by atoms with Crippen LogP contribution in [0.4, 0.5) is 15.8 Å². The van der Waals surface area contributed by atoms with Crippen molar-refractivity contribution >= 4 is 11.4 Å². The van der Waals surface area contributed by atoms with E-state index in [0.29, 0.717) is 18.5 Å². The van der Waals surface area contributed by atoms with Crippen LogP contribution in [0, 0.1) is 16.0 Å². The van der Waals surface area contributed by atoms with Gasteiger partial charge in [-0.3, -0.25) is 19.7 Å². The van der Waals surface area contributed by atoms with Gasteiger partial charge in [0.2, 0.25) is 0 Å². The number of fused-ring (bicyclic) bond motifs is 1. The van der Waals surface area contributed by atoms with E-state index in [9.17, 15) is 14.5 Å². The molecule has 0 amide bonds. The third-order valence-electron chi connectivity index (χ3n) is 6.20. The summed E-state index contributed by atoms with van der Waals surface area (Å²) in [6, 6.07) is 3.64. The van der Waals surface area contributed by atoms with Gasteiger partial charge in [-0.25, -0.2) is 4.39 Å². The maximum absolute atomic E-state index is 13.0. The number of aryl methyl sites for hydroxylation is 1. The van der Waals surface area contributed by atoms with Crippen LogP contribution in [0.15, 0.2) is 24.5 Å². The molecule has 2 fully saturated rings. The Labute approximate surface area is 169 Å². The van der Waals surface area contributed by atoms with E-state index < -0.39 is 4.92 Å². The van der Waals surface area contributed by atoms with E-state index in [2.05, 4.69) is 14.9 Å². The Morgan fingerprint density at radius 1 is 1.34 bits per heavy atom. The third kappa shape index (κ3) is 3.66. The molecule has 0 aliphatic carbocycles. The van der Waals surface area contributed by atoms with Crippen LogP contribution < -0.4 is 9.64 Å². The number of likely N-dealkylation sites (tertiary alicyclic amines) is 1. The number of halogens is 1. The zero-order valence-electron chi connectivity index (χ0n) is 16.8. The summed E-state index contributed by atoms with van der Waals surface area (Å²) in [4.78, 5) is 15.6. The highest BCUT2D eigenvalue weighted by molar-refractivity contribution is 5.82. The molecular weight excluding hydrogens is 377 g/mol. The van der Waals surface area contributed by atoms with Gasteiger partial charge in [0.1, 0.15) is 6.67 Å². The standard InChI is InChI=1S/C20H26FN5O3/c1-23-12-15(11-22-23)16-9-18(26(27)28)20(29-2)10-17(16)25-7-4-14-3-6-24(8-5-21)19(14)13-25/h9-12,14,19H,3-8,13H2,1-2H3. The Morgan fingerprint density at radius 2 is 2.14 bits per heavy atom. The summed E-state index contributed by atoms with van der Waals surface area (Å²) in [6.07, 6.45) is 5.70. The first-order valence-corrected chi connectivity index (χ1v) is 9.92. The SMILES string of the molecule is COc1cc(N2CCC3CCN(CCF)C3C2)c(-c2cnn(C)c2)cc1[N+](=O)[O-]. The van der Waals surface area contributed by atoms with Crippen molar-refractivity contribution in [1.29, 1.82) is 0 Å². The molecular formula is C20H26FN5O3. The molecule has 156 valence electrons. The lowest BCUT2D eigenvalue weighted by Gasteiger charge is -2.40. The molecule has 1 aromatic carbocycles. The van der Waals surface area contributed by atoms with Gasteiger partial charge < -0.3 is 9.64 Å². The molecule has 3 heterocycles. The molecule has 0 N–H and O–H groups in total. The lowest BCUT2D eigenvalue weighted by Crippen LogP contribution is -2.48. The molecule has 0 bridgehead atoms. The molecule has 4 rings (SSSR count). The van der Waals surface area contributed by atoms with Gasteiger partial charge in [-0.15, -0.1) is 0 Å². The maximum Gasteiger partial charge on any atom is 0.311 e. The van der Waals surface area contributed by atoms with Crippen LogP contribution in [0.1, 0.15) is 12.8 Å². The molecule has 2 unspecified atom stereocenters. The fraction of sp³-hybridized carbons (Fsp3) is 0.550. The van der Waals surface area contributed by atoms with E-state index in [4.69, 9.17) is 4.74 Å². The number of nitro groups is 1. The normalized spacial score (nSPS) is 22.0. The fourth-order valence-corrected chi connectivity index (χ4v) is 4.75. The number of methoxy groups -OCH3 is 1. The average Bonchev–Trinajstić information content (AvgIpc) is 3.33. The van der Waals surface area contributed by atoms with Crippen LogP contribution in [0.5, 0.6) is 5.75 Å². The zero-order chi connectivity index (χ0) is 20.5. The number of aromatic nitrogens is 2. The Hall–Kier alpha value is -2.68. The van der Waals surface area contributed by atoms with Crippen LogP contribution in [0.3, 0.4) is 0 Å². The van der Waals surface area contributed by atoms with Crippen molar-refractivity contribution < 1.29 is 14.1 Å². The molecule has 9 heteroatoms. The van der Waals surface area contributed by atoms with Gasteiger partial charge in [0.25, 0.3) is 0 Å². The first-order chi connectivity index (χ1) is 14.0. The lowest BCUT2D eigenvalue weighted by atomic mass is 9.91. The number of hydrogen-bond acceptors (Lipinski definition) is 6. The minimum Gasteiger partial charge on any atom is -0.490 e. The minimum absolute atomic E-state index is 0.0649. The summed E-state index contributed by atoms with van der Waals surface area (Å²) in [6.45, 7) is 2.70. The number of benzene rings is 1. The van der Waals surface area contributed by atoms with Crippen molar-refractivity contribution in [3.8, 4) is 16.9 Å². The minimum atomic E-state index is -0.422. The highest BCUT2D eigenvalue weighted by atomic mass is 19.1. The topological polar surface area (TPSA) is 76.7 Å². The second kappa shape index (κ2) is 7.98. The van der Waals surface area contributed by atoms with Gasteiger partial charge in [-0.2, -0.15) is 5.10 Å². The molecule has 2 aromatic rings. The molecule has 2 saturated heterocycles. The van der Waals surface area contributed by atoms with Crippen molar-refractivity contribution in [1.82, 2.24) is 14.7 Å². The Morgan fingerprint density at radius 3 is 2.79 bits per heavy atom. The van der Waals surface area contributed by atoms with E-state index >= 15 is 0 Å². The molecule has 0 radical (unpaired) electrons. The molecule has 2 aliphatic heterocycles. The summed E-state index contributed by atoms with van der Waals surface area (Å²) >= 11 is 0. The number of ether oxygens (including phenoxy) is 1. The Bertz CT molecular complexity index is 902. The van der Waals surface area contributed by atoms with Crippen LogP contribution >= 0.6 is 0 Å². The second-order valence-corrected chi connectivity index (χ2v) is 7.78. The number of alkyl halides is 1. The highest BCUT2D eigenvalue weighted by Crippen LogP contribution is 2.42. The smallest absolute Gasteiger partial charge is 0.311 e. The monoisotopic (exact) mass is 403 g/mol. The summed E-state index contributed by atoms with van der Waals surface area (Å²) in [5.41, 5.74) is 2.41. The van der Waals surface area contributed by atoms with Gasteiger partial charge in [-0.05, 0) is 25.3 Å². The molecule has 0 spiro atoms. The maximum atomic E-state index is 13.0. The van der Waals surface area contributed by atoms with Crippen molar-refractivity contribution in [3.05, 3.63) is 34.6 Å². The van der Waals surface area contributed by atoms with E-state index in [0.717, 1.165) is 49.3 Å². The molecule has 8 nitrogen and oxygen atoms in total. The van der Waals surface area contributed by atoms with Crippen molar-refractivity contribution in [2.75, 3.05) is 44.9 Å². The molecule has 0 saturated carbocycles. The molecule has 29 heavy (non-hydrogen) atoms. The Balaban J connectivity index is 1.74. The highest BCUT2D eigenvalue weighted by Gasteiger charge is 2.39. The first-order valence-electron chi connectivity index (χ1n) is 9.92. The van der Waals surface area contributed by atoms with Crippen molar-refractivity contribution in [2.24, 2.45) is 13.0 Å². The third-order valence-corrected chi connectivity index (χ3v) is 6.20. The van der Waals surface area contributed by atoms with Crippen LogP contribution in [-0.4, -0.2) is 65.6 Å². The van der Waals surface area contributed by atoms with Crippen LogP contribution in [0.25, 0.3) is 11.1 Å². The second-order valence-electron chi connectivity index (χ2n) is 7.78. The van der Waals surface area contributed by atoms with Crippen molar-refractivity contribution in [2.45, 2.75) is 18.9 Å². The summed E-state index contributed by atoms with van der Waals surface area (Å²) in [5.74, 6) is 0.825. The quantitative estimate of drug-likeness (QED) is 0.545. The Kier molecular flexibility index (Phi) is 5.40. The number of anilines is 1. The molecule has 2 aliphatic rings. The summed E-state index contributed by atoms with van der Waals surface area (Å²) in [7, 11) is 3.27. The molecule has 1 aromatic heterocycles. The summed E-state index contributed by atoms with van der Waals surface area (Å²) in [5, 5.41) is 15.8. The van der Waals surface area contributed by atoms with E-state index in [1.807, 2.05) is 13.2 Å². The number of nitrogens with zero attached hydrogens (tertiary/aromatic N) is 5.